The Morgan fingerprint density at radius 3 is 2.57 bits per heavy atom. The Morgan fingerprint density at radius 2 is 1.86 bits per heavy atom. The molecule has 6 heteroatoms. The molecular formula is C22H26FN3O2. The molecule has 0 atom stereocenters. The third-order valence-electron chi connectivity index (χ3n) is 5.04. The molecule has 5 nitrogen and oxygen atoms in total. The summed E-state index contributed by atoms with van der Waals surface area (Å²) in [4.78, 5) is 26.7. The Kier molecular flexibility index (Phi) is 6.41. The van der Waals surface area contributed by atoms with Gasteiger partial charge in [-0.2, -0.15) is 0 Å². The highest BCUT2D eigenvalue weighted by atomic mass is 19.1. The van der Waals surface area contributed by atoms with Gasteiger partial charge in [-0.1, -0.05) is 18.2 Å². The number of anilines is 1. The molecule has 1 heterocycles. The van der Waals surface area contributed by atoms with Crippen molar-refractivity contribution in [2.75, 3.05) is 25.0 Å². The summed E-state index contributed by atoms with van der Waals surface area (Å²) in [5.74, 6) is -0.709. The lowest BCUT2D eigenvalue weighted by molar-refractivity contribution is -0.117. The van der Waals surface area contributed by atoms with Gasteiger partial charge in [0, 0.05) is 30.4 Å². The number of hydrogen-bond acceptors (Lipinski definition) is 3. The highest BCUT2D eigenvalue weighted by Gasteiger charge is 2.22. The Hall–Kier alpha value is -2.73. The zero-order chi connectivity index (χ0) is 20.1. The standard InChI is InChI=1S/C22H26FN3O2/c1-15-6-7-16(2)20(12-15)25-21(27)14-26-10-8-19(9-11-26)24-22(28)17-4-3-5-18(23)13-17/h3-7,12-13,19H,8-11,14H2,1-2H3,(H,24,28)(H,25,27). The number of nitrogens with one attached hydrogen (secondary N) is 2. The summed E-state index contributed by atoms with van der Waals surface area (Å²) in [5.41, 5.74) is 3.33. The number of benzene rings is 2. The quantitative estimate of drug-likeness (QED) is 0.833. The smallest absolute Gasteiger partial charge is 0.251 e. The molecule has 0 aromatic heterocycles. The van der Waals surface area contributed by atoms with Crippen LogP contribution in [-0.2, 0) is 4.79 Å². The summed E-state index contributed by atoms with van der Waals surface area (Å²) in [6.45, 7) is 5.76. The molecule has 2 aromatic rings. The number of carbonyl (C=O) groups excluding carboxylic acids is 2. The average Bonchev–Trinajstić information content (AvgIpc) is 2.66. The summed E-state index contributed by atoms with van der Waals surface area (Å²) >= 11 is 0. The minimum Gasteiger partial charge on any atom is -0.349 e. The van der Waals surface area contributed by atoms with Gasteiger partial charge in [-0.15, -0.1) is 0 Å². The van der Waals surface area contributed by atoms with Crippen LogP contribution in [-0.4, -0.2) is 42.4 Å². The molecule has 0 aliphatic carbocycles. The molecule has 1 fully saturated rings. The number of amides is 2. The van der Waals surface area contributed by atoms with Gasteiger partial charge in [0.25, 0.3) is 5.91 Å². The first-order chi connectivity index (χ1) is 13.4. The summed E-state index contributed by atoms with van der Waals surface area (Å²) < 4.78 is 13.3. The van der Waals surface area contributed by atoms with E-state index in [4.69, 9.17) is 0 Å². The predicted molar refractivity (Wildman–Crippen MR) is 108 cm³/mol. The van der Waals surface area contributed by atoms with Gasteiger partial charge in [0.15, 0.2) is 0 Å². The summed E-state index contributed by atoms with van der Waals surface area (Å²) in [7, 11) is 0. The fourth-order valence-corrected chi connectivity index (χ4v) is 3.40. The second-order valence-electron chi connectivity index (χ2n) is 7.40. The monoisotopic (exact) mass is 383 g/mol. The maximum Gasteiger partial charge on any atom is 0.251 e. The minimum absolute atomic E-state index is 0.0315. The number of hydrogen-bond donors (Lipinski definition) is 2. The van der Waals surface area contributed by atoms with Crippen LogP contribution in [0, 0.1) is 19.7 Å². The van der Waals surface area contributed by atoms with Crippen LogP contribution in [0.25, 0.3) is 0 Å². The first-order valence-electron chi connectivity index (χ1n) is 9.56. The number of nitrogens with zero attached hydrogens (tertiary/aromatic N) is 1. The molecule has 0 bridgehead atoms. The Bertz CT molecular complexity index is 861. The zero-order valence-corrected chi connectivity index (χ0v) is 16.3. The van der Waals surface area contributed by atoms with Crippen LogP contribution < -0.4 is 10.6 Å². The van der Waals surface area contributed by atoms with Gasteiger partial charge in [-0.05, 0) is 62.1 Å². The largest absolute Gasteiger partial charge is 0.349 e. The van der Waals surface area contributed by atoms with Crippen molar-refractivity contribution in [3.63, 3.8) is 0 Å². The van der Waals surface area contributed by atoms with Gasteiger partial charge in [0.2, 0.25) is 5.91 Å². The van der Waals surface area contributed by atoms with E-state index in [9.17, 15) is 14.0 Å². The van der Waals surface area contributed by atoms with E-state index in [0.29, 0.717) is 12.1 Å². The van der Waals surface area contributed by atoms with Crippen LogP contribution in [0.4, 0.5) is 10.1 Å². The van der Waals surface area contributed by atoms with E-state index < -0.39 is 5.82 Å². The first kappa shape index (κ1) is 20.0. The molecule has 0 saturated carbocycles. The van der Waals surface area contributed by atoms with E-state index in [1.807, 2.05) is 32.0 Å². The first-order valence-corrected chi connectivity index (χ1v) is 9.56. The lowest BCUT2D eigenvalue weighted by Crippen LogP contribution is -2.46. The Balaban J connectivity index is 1.45. The number of piperidine rings is 1. The number of carbonyl (C=O) groups is 2. The molecule has 0 unspecified atom stereocenters. The van der Waals surface area contributed by atoms with Crippen molar-refractivity contribution < 1.29 is 14.0 Å². The molecule has 148 valence electrons. The summed E-state index contributed by atoms with van der Waals surface area (Å²) in [6, 6.07) is 11.7. The van der Waals surface area contributed by atoms with E-state index in [0.717, 1.165) is 42.7 Å². The third-order valence-corrected chi connectivity index (χ3v) is 5.04. The molecule has 3 rings (SSSR count). The lowest BCUT2D eigenvalue weighted by Gasteiger charge is -2.31. The Labute approximate surface area is 164 Å². The van der Waals surface area contributed by atoms with Crippen molar-refractivity contribution >= 4 is 17.5 Å². The highest BCUT2D eigenvalue weighted by Crippen LogP contribution is 2.17. The Morgan fingerprint density at radius 1 is 1.11 bits per heavy atom. The normalized spacial score (nSPS) is 15.2. The van der Waals surface area contributed by atoms with Gasteiger partial charge in [0.1, 0.15) is 5.82 Å². The molecule has 2 aromatic carbocycles. The molecule has 1 aliphatic rings. The lowest BCUT2D eigenvalue weighted by atomic mass is 10.0. The zero-order valence-electron chi connectivity index (χ0n) is 16.3. The van der Waals surface area contributed by atoms with Crippen LogP contribution in [0.5, 0.6) is 0 Å². The van der Waals surface area contributed by atoms with Gasteiger partial charge >= 0.3 is 0 Å². The number of rotatable bonds is 5. The van der Waals surface area contributed by atoms with Crippen molar-refractivity contribution in [1.82, 2.24) is 10.2 Å². The van der Waals surface area contributed by atoms with E-state index >= 15 is 0 Å². The molecule has 28 heavy (non-hydrogen) atoms. The highest BCUT2D eigenvalue weighted by molar-refractivity contribution is 5.94. The van der Waals surface area contributed by atoms with Crippen molar-refractivity contribution in [3.8, 4) is 0 Å². The van der Waals surface area contributed by atoms with Gasteiger partial charge in [-0.25, -0.2) is 4.39 Å². The van der Waals surface area contributed by atoms with Crippen molar-refractivity contribution in [2.24, 2.45) is 0 Å². The summed E-state index contributed by atoms with van der Waals surface area (Å²) in [6.07, 6.45) is 1.52. The summed E-state index contributed by atoms with van der Waals surface area (Å²) in [5, 5.41) is 5.94. The number of likely N-dealkylation sites (tertiary alicyclic amines) is 1. The van der Waals surface area contributed by atoms with Crippen molar-refractivity contribution in [3.05, 3.63) is 65.0 Å². The van der Waals surface area contributed by atoms with Crippen LogP contribution in [0.2, 0.25) is 0 Å². The SMILES string of the molecule is Cc1ccc(C)c(NC(=O)CN2CCC(NC(=O)c3cccc(F)c3)CC2)c1. The molecule has 0 spiro atoms. The van der Waals surface area contributed by atoms with Crippen molar-refractivity contribution in [1.29, 1.82) is 0 Å². The number of aryl methyl sites for hydroxylation is 2. The molecular weight excluding hydrogens is 357 g/mol. The number of halogens is 1. The fourth-order valence-electron chi connectivity index (χ4n) is 3.40. The maximum absolute atomic E-state index is 13.3. The third kappa shape index (κ3) is 5.39. The van der Waals surface area contributed by atoms with Gasteiger partial charge < -0.3 is 10.6 Å². The van der Waals surface area contributed by atoms with Gasteiger partial charge in [0.05, 0.1) is 6.54 Å². The van der Waals surface area contributed by atoms with Crippen molar-refractivity contribution in [2.45, 2.75) is 32.7 Å². The van der Waals surface area contributed by atoms with E-state index in [1.165, 1.54) is 18.2 Å². The topological polar surface area (TPSA) is 61.4 Å². The second kappa shape index (κ2) is 8.97. The molecule has 0 radical (unpaired) electrons. The van der Waals surface area contributed by atoms with Crippen LogP contribution in [0.1, 0.15) is 34.3 Å². The molecule has 1 aliphatic heterocycles. The van der Waals surface area contributed by atoms with E-state index in [-0.39, 0.29) is 17.9 Å². The molecule has 2 amide bonds. The molecule has 1 saturated heterocycles. The average molecular weight is 383 g/mol. The van der Waals surface area contributed by atoms with E-state index in [1.54, 1.807) is 6.07 Å². The van der Waals surface area contributed by atoms with Crippen LogP contribution in [0.3, 0.4) is 0 Å². The minimum atomic E-state index is -0.419. The predicted octanol–water partition coefficient (Wildman–Crippen LogP) is 3.28. The fraction of sp³-hybridized carbons (Fsp3) is 0.364. The van der Waals surface area contributed by atoms with Gasteiger partial charge in [-0.3, -0.25) is 14.5 Å². The molecule has 2 N–H and O–H groups in total. The van der Waals surface area contributed by atoms with E-state index in [2.05, 4.69) is 15.5 Å². The second-order valence-corrected chi connectivity index (χ2v) is 7.40. The van der Waals surface area contributed by atoms with Crippen LogP contribution >= 0.6 is 0 Å². The van der Waals surface area contributed by atoms with Crippen LogP contribution in [0.15, 0.2) is 42.5 Å². The maximum atomic E-state index is 13.3.